The quantitative estimate of drug-likeness (QED) is 0.810. The zero-order valence-corrected chi connectivity index (χ0v) is 11.3. The average molecular weight is 254 g/mol. The SMILES string of the molecule is CNC(Cc1ncnn1C)C1(OC)CCOCC1. The molecule has 2 rings (SSSR count). The van der Waals surface area contributed by atoms with Gasteiger partial charge in [0.25, 0.3) is 0 Å². The van der Waals surface area contributed by atoms with Crippen molar-refractivity contribution in [2.24, 2.45) is 7.05 Å². The van der Waals surface area contributed by atoms with Gasteiger partial charge in [0.05, 0.1) is 5.60 Å². The number of rotatable bonds is 5. The zero-order chi connectivity index (χ0) is 13.0. The maximum atomic E-state index is 5.82. The summed E-state index contributed by atoms with van der Waals surface area (Å²) < 4.78 is 13.1. The Morgan fingerprint density at radius 1 is 1.56 bits per heavy atom. The van der Waals surface area contributed by atoms with Gasteiger partial charge in [-0.15, -0.1) is 0 Å². The highest BCUT2D eigenvalue weighted by Crippen LogP contribution is 2.29. The van der Waals surface area contributed by atoms with Crippen molar-refractivity contribution >= 4 is 0 Å². The highest BCUT2D eigenvalue weighted by Gasteiger charge is 2.40. The molecule has 0 aliphatic carbocycles. The molecule has 1 N–H and O–H groups in total. The van der Waals surface area contributed by atoms with E-state index in [9.17, 15) is 0 Å². The van der Waals surface area contributed by atoms with Crippen molar-refractivity contribution in [1.29, 1.82) is 0 Å². The van der Waals surface area contributed by atoms with Crippen LogP contribution in [0.1, 0.15) is 18.7 Å². The maximum Gasteiger partial charge on any atom is 0.138 e. The van der Waals surface area contributed by atoms with Gasteiger partial charge < -0.3 is 14.8 Å². The maximum absolute atomic E-state index is 5.82. The van der Waals surface area contributed by atoms with Crippen LogP contribution in [0.5, 0.6) is 0 Å². The number of aryl methyl sites for hydroxylation is 1. The highest BCUT2D eigenvalue weighted by atomic mass is 16.5. The standard InChI is InChI=1S/C12H22N4O2/c1-13-10(8-11-14-9-15-16(11)2)12(17-3)4-6-18-7-5-12/h9-10,13H,4-8H2,1-3H3. The van der Waals surface area contributed by atoms with Crippen LogP contribution in [-0.2, 0) is 22.9 Å². The highest BCUT2D eigenvalue weighted by molar-refractivity contribution is 5.00. The van der Waals surface area contributed by atoms with Gasteiger partial charge in [-0.1, -0.05) is 0 Å². The molecular formula is C12H22N4O2. The molecule has 102 valence electrons. The molecular weight excluding hydrogens is 232 g/mol. The van der Waals surface area contributed by atoms with Gasteiger partial charge in [0.15, 0.2) is 0 Å². The largest absolute Gasteiger partial charge is 0.381 e. The fourth-order valence-electron chi connectivity index (χ4n) is 2.65. The number of hydrogen-bond donors (Lipinski definition) is 1. The van der Waals surface area contributed by atoms with Gasteiger partial charge in [0, 0.05) is 52.7 Å². The van der Waals surface area contributed by atoms with Crippen LogP contribution in [0.4, 0.5) is 0 Å². The predicted octanol–water partition coefficient (Wildman–Crippen LogP) is 0.141. The van der Waals surface area contributed by atoms with E-state index in [1.807, 2.05) is 18.8 Å². The summed E-state index contributed by atoms with van der Waals surface area (Å²) in [6, 6.07) is 0.217. The minimum atomic E-state index is -0.168. The second kappa shape index (κ2) is 5.77. The first-order valence-electron chi connectivity index (χ1n) is 6.35. The molecule has 2 heterocycles. The van der Waals surface area contributed by atoms with Gasteiger partial charge in [-0.25, -0.2) is 4.98 Å². The Kier molecular flexibility index (Phi) is 4.31. The Morgan fingerprint density at radius 2 is 2.28 bits per heavy atom. The van der Waals surface area contributed by atoms with Gasteiger partial charge in [-0.05, 0) is 7.05 Å². The first-order valence-corrected chi connectivity index (χ1v) is 6.35. The van der Waals surface area contributed by atoms with E-state index in [4.69, 9.17) is 9.47 Å². The second-order valence-electron chi connectivity index (χ2n) is 4.73. The van der Waals surface area contributed by atoms with E-state index in [1.165, 1.54) is 0 Å². The minimum Gasteiger partial charge on any atom is -0.381 e. The number of ether oxygens (including phenoxy) is 2. The molecule has 6 heteroatoms. The summed E-state index contributed by atoms with van der Waals surface area (Å²) in [4.78, 5) is 4.29. The third-order valence-corrected chi connectivity index (χ3v) is 3.92. The minimum absolute atomic E-state index is 0.168. The molecule has 1 aromatic heterocycles. The molecule has 1 aliphatic heterocycles. The summed E-state index contributed by atoms with van der Waals surface area (Å²) in [6.07, 6.45) is 4.21. The third-order valence-electron chi connectivity index (χ3n) is 3.92. The van der Waals surface area contributed by atoms with Crippen molar-refractivity contribution in [3.05, 3.63) is 12.2 Å². The Bertz CT molecular complexity index is 374. The third kappa shape index (κ3) is 2.55. The first kappa shape index (κ1) is 13.5. The molecule has 0 saturated carbocycles. The molecule has 6 nitrogen and oxygen atoms in total. The number of nitrogens with zero attached hydrogens (tertiary/aromatic N) is 3. The van der Waals surface area contributed by atoms with E-state index in [1.54, 1.807) is 13.4 Å². The Labute approximate surface area is 108 Å². The van der Waals surface area contributed by atoms with Crippen LogP contribution in [0.2, 0.25) is 0 Å². The van der Waals surface area contributed by atoms with Crippen molar-refractivity contribution < 1.29 is 9.47 Å². The van der Waals surface area contributed by atoms with E-state index < -0.39 is 0 Å². The smallest absolute Gasteiger partial charge is 0.138 e. The van der Waals surface area contributed by atoms with Crippen LogP contribution in [0, 0.1) is 0 Å². The summed E-state index contributed by atoms with van der Waals surface area (Å²) in [5, 5.41) is 7.48. The summed E-state index contributed by atoms with van der Waals surface area (Å²) >= 11 is 0. The molecule has 0 radical (unpaired) electrons. The summed E-state index contributed by atoms with van der Waals surface area (Å²) in [5.74, 6) is 0.970. The van der Waals surface area contributed by atoms with Crippen LogP contribution >= 0.6 is 0 Å². The van der Waals surface area contributed by atoms with Crippen LogP contribution < -0.4 is 5.32 Å². The molecule has 1 saturated heterocycles. The molecule has 0 aromatic carbocycles. The lowest BCUT2D eigenvalue weighted by atomic mass is 9.84. The van der Waals surface area contributed by atoms with Crippen LogP contribution in [-0.4, -0.2) is 53.8 Å². The average Bonchev–Trinajstić information content (AvgIpc) is 2.82. The topological polar surface area (TPSA) is 61.2 Å². The molecule has 1 aromatic rings. The summed E-state index contributed by atoms with van der Waals surface area (Å²) in [7, 11) is 5.67. The summed E-state index contributed by atoms with van der Waals surface area (Å²) in [5.41, 5.74) is -0.168. The van der Waals surface area contributed by atoms with Crippen molar-refractivity contribution in [2.75, 3.05) is 27.4 Å². The van der Waals surface area contributed by atoms with Crippen LogP contribution in [0.25, 0.3) is 0 Å². The zero-order valence-electron chi connectivity index (χ0n) is 11.3. The number of likely N-dealkylation sites (N-methyl/N-ethyl adjacent to an activating group) is 1. The summed E-state index contributed by atoms with van der Waals surface area (Å²) in [6.45, 7) is 1.51. The molecule has 0 amide bonds. The number of methoxy groups -OCH3 is 1. The second-order valence-corrected chi connectivity index (χ2v) is 4.73. The molecule has 1 aliphatic rings. The van der Waals surface area contributed by atoms with Crippen molar-refractivity contribution in [3.63, 3.8) is 0 Å². The van der Waals surface area contributed by atoms with Gasteiger partial charge in [0.1, 0.15) is 12.2 Å². The molecule has 1 fully saturated rings. The predicted molar refractivity (Wildman–Crippen MR) is 67.3 cm³/mol. The van der Waals surface area contributed by atoms with E-state index in [0.29, 0.717) is 0 Å². The monoisotopic (exact) mass is 254 g/mol. The normalized spacial score (nSPS) is 20.8. The fourth-order valence-corrected chi connectivity index (χ4v) is 2.65. The van der Waals surface area contributed by atoms with E-state index in [0.717, 1.165) is 38.3 Å². The number of nitrogens with one attached hydrogen (secondary N) is 1. The van der Waals surface area contributed by atoms with Crippen molar-refractivity contribution in [2.45, 2.75) is 30.9 Å². The molecule has 1 atom stereocenters. The number of hydrogen-bond acceptors (Lipinski definition) is 5. The molecule has 0 spiro atoms. The number of aromatic nitrogens is 3. The molecule has 0 bridgehead atoms. The van der Waals surface area contributed by atoms with Gasteiger partial charge in [-0.2, -0.15) is 5.10 Å². The fraction of sp³-hybridized carbons (Fsp3) is 0.833. The van der Waals surface area contributed by atoms with Crippen molar-refractivity contribution in [1.82, 2.24) is 20.1 Å². The van der Waals surface area contributed by atoms with Gasteiger partial charge in [0.2, 0.25) is 0 Å². The van der Waals surface area contributed by atoms with E-state index >= 15 is 0 Å². The van der Waals surface area contributed by atoms with Gasteiger partial charge >= 0.3 is 0 Å². The first-order chi connectivity index (χ1) is 8.72. The van der Waals surface area contributed by atoms with E-state index in [2.05, 4.69) is 15.4 Å². The Hall–Kier alpha value is -0.980. The van der Waals surface area contributed by atoms with Gasteiger partial charge in [-0.3, -0.25) is 4.68 Å². The Balaban J connectivity index is 2.13. The Morgan fingerprint density at radius 3 is 2.78 bits per heavy atom. The molecule has 18 heavy (non-hydrogen) atoms. The van der Waals surface area contributed by atoms with Crippen molar-refractivity contribution in [3.8, 4) is 0 Å². The lowest BCUT2D eigenvalue weighted by molar-refractivity contribution is -0.109. The lowest BCUT2D eigenvalue weighted by Gasteiger charge is -2.42. The van der Waals surface area contributed by atoms with Crippen LogP contribution in [0.3, 0.4) is 0 Å². The van der Waals surface area contributed by atoms with Crippen LogP contribution in [0.15, 0.2) is 6.33 Å². The lowest BCUT2D eigenvalue weighted by Crippen LogP contribution is -2.55. The molecule has 1 unspecified atom stereocenters. The van der Waals surface area contributed by atoms with E-state index in [-0.39, 0.29) is 11.6 Å².